The second kappa shape index (κ2) is 4.00. The van der Waals surface area contributed by atoms with E-state index in [9.17, 15) is 0 Å². The molecule has 4 nitrogen and oxygen atoms in total. The summed E-state index contributed by atoms with van der Waals surface area (Å²) < 4.78 is 7.59. The molecule has 0 saturated carbocycles. The molecule has 0 N–H and O–H groups in total. The molecule has 0 aliphatic carbocycles. The molecule has 0 amide bonds. The lowest BCUT2D eigenvalue weighted by molar-refractivity contribution is 0.0943. The minimum absolute atomic E-state index is 0.355. The average Bonchev–Trinajstić information content (AvgIpc) is 2.75. The highest BCUT2D eigenvalue weighted by atomic mass is 16.5. The van der Waals surface area contributed by atoms with Crippen LogP contribution in [0.4, 0.5) is 5.82 Å². The smallest absolute Gasteiger partial charge is 0.126 e. The van der Waals surface area contributed by atoms with Crippen LogP contribution < -0.4 is 4.90 Å². The largest absolute Gasteiger partial charge is 0.376 e. The summed E-state index contributed by atoms with van der Waals surface area (Å²) in [7, 11) is 4.06. The topological polar surface area (TPSA) is 30.3 Å². The molecule has 14 heavy (non-hydrogen) atoms. The summed E-state index contributed by atoms with van der Waals surface area (Å²) in [5.74, 6) is 1.14. The minimum atomic E-state index is 0.355. The highest BCUT2D eigenvalue weighted by Crippen LogP contribution is 2.17. The molecular formula is C10H17N3O. The number of hydrogen-bond acceptors (Lipinski definition) is 3. The van der Waals surface area contributed by atoms with Crippen molar-refractivity contribution in [2.45, 2.75) is 25.5 Å². The summed E-state index contributed by atoms with van der Waals surface area (Å²) in [5, 5.41) is 4.30. The molecule has 1 atom stereocenters. The zero-order valence-corrected chi connectivity index (χ0v) is 8.81. The Morgan fingerprint density at radius 2 is 2.50 bits per heavy atom. The molecule has 1 unspecified atom stereocenters. The van der Waals surface area contributed by atoms with Gasteiger partial charge < -0.3 is 9.64 Å². The highest BCUT2D eigenvalue weighted by Gasteiger charge is 2.17. The molecule has 2 rings (SSSR count). The molecule has 1 aromatic heterocycles. The molecule has 1 aliphatic heterocycles. The van der Waals surface area contributed by atoms with Crippen molar-refractivity contribution < 1.29 is 4.74 Å². The fourth-order valence-electron chi connectivity index (χ4n) is 1.83. The first kappa shape index (κ1) is 9.52. The van der Waals surface area contributed by atoms with Crippen LogP contribution in [0.2, 0.25) is 0 Å². The molecule has 1 saturated heterocycles. The van der Waals surface area contributed by atoms with Crippen LogP contribution in [-0.4, -0.2) is 36.6 Å². The average molecular weight is 195 g/mol. The third-order valence-electron chi connectivity index (χ3n) is 2.55. The van der Waals surface area contributed by atoms with E-state index in [1.807, 2.05) is 31.0 Å². The molecule has 2 heterocycles. The van der Waals surface area contributed by atoms with Gasteiger partial charge in [0.25, 0.3) is 0 Å². The van der Waals surface area contributed by atoms with Gasteiger partial charge in [0.05, 0.1) is 18.8 Å². The summed E-state index contributed by atoms with van der Waals surface area (Å²) >= 11 is 0. The minimum Gasteiger partial charge on any atom is -0.376 e. The van der Waals surface area contributed by atoms with Crippen LogP contribution in [0.15, 0.2) is 12.3 Å². The lowest BCUT2D eigenvalue weighted by Crippen LogP contribution is -2.21. The predicted molar refractivity (Wildman–Crippen MR) is 55.5 cm³/mol. The van der Waals surface area contributed by atoms with E-state index < -0.39 is 0 Å². The van der Waals surface area contributed by atoms with Gasteiger partial charge in [0.1, 0.15) is 5.82 Å². The number of hydrogen-bond donors (Lipinski definition) is 0. The Bertz CT molecular complexity index is 289. The van der Waals surface area contributed by atoms with Crippen molar-refractivity contribution >= 4 is 5.82 Å². The van der Waals surface area contributed by atoms with Crippen LogP contribution in [0.5, 0.6) is 0 Å². The molecule has 0 bridgehead atoms. The Hall–Kier alpha value is -1.03. The number of anilines is 1. The van der Waals surface area contributed by atoms with Gasteiger partial charge in [-0.05, 0) is 12.8 Å². The van der Waals surface area contributed by atoms with Crippen molar-refractivity contribution in [3.05, 3.63) is 12.3 Å². The number of nitrogens with zero attached hydrogens (tertiary/aromatic N) is 3. The second-order valence-electron chi connectivity index (χ2n) is 3.90. The van der Waals surface area contributed by atoms with Crippen molar-refractivity contribution in [1.29, 1.82) is 0 Å². The Balaban J connectivity index is 2.04. The van der Waals surface area contributed by atoms with E-state index in [1.54, 1.807) is 0 Å². The van der Waals surface area contributed by atoms with Crippen LogP contribution >= 0.6 is 0 Å². The molecule has 1 aliphatic rings. The van der Waals surface area contributed by atoms with Crippen molar-refractivity contribution in [3.63, 3.8) is 0 Å². The van der Waals surface area contributed by atoms with Crippen molar-refractivity contribution in [1.82, 2.24) is 9.78 Å². The molecule has 1 fully saturated rings. The maximum absolute atomic E-state index is 5.58. The third kappa shape index (κ3) is 1.90. The summed E-state index contributed by atoms with van der Waals surface area (Å²) in [4.78, 5) is 2.07. The Morgan fingerprint density at radius 3 is 3.14 bits per heavy atom. The van der Waals surface area contributed by atoms with E-state index in [1.165, 1.54) is 6.42 Å². The zero-order valence-electron chi connectivity index (χ0n) is 8.81. The summed E-state index contributed by atoms with van der Waals surface area (Å²) in [6.45, 7) is 1.78. The molecule has 0 spiro atoms. The lowest BCUT2D eigenvalue weighted by atomic mass is 10.2. The van der Waals surface area contributed by atoms with Gasteiger partial charge in [0, 0.05) is 26.8 Å². The van der Waals surface area contributed by atoms with Gasteiger partial charge in [-0.1, -0.05) is 0 Å². The summed E-state index contributed by atoms with van der Waals surface area (Å²) in [6, 6.07) is 2.02. The van der Waals surface area contributed by atoms with Crippen LogP contribution in [-0.2, 0) is 11.3 Å². The molecule has 1 aromatic rings. The Kier molecular flexibility index (Phi) is 2.72. The lowest BCUT2D eigenvalue weighted by Gasteiger charge is -2.17. The normalized spacial score (nSPS) is 21.4. The van der Waals surface area contributed by atoms with E-state index in [-0.39, 0.29) is 0 Å². The van der Waals surface area contributed by atoms with E-state index in [0.717, 1.165) is 25.4 Å². The van der Waals surface area contributed by atoms with Crippen LogP contribution in [0.3, 0.4) is 0 Å². The quantitative estimate of drug-likeness (QED) is 0.724. The number of ether oxygens (including phenoxy) is 1. The summed E-state index contributed by atoms with van der Waals surface area (Å²) in [5.41, 5.74) is 0. The van der Waals surface area contributed by atoms with Crippen molar-refractivity contribution in [3.8, 4) is 0 Å². The fourth-order valence-corrected chi connectivity index (χ4v) is 1.83. The monoisotopic (exact) mass is 195 g/mol. The molecular weight excluding hydrogens is 178 g/mol. The van der Waals surface area contributed by atoms with Crippen molar-refractivity contribution in [2.75, 3.05) is 25.6 Å². The fraction of sp³-hybridized carbons (Fsp3) is 0.700. The van der Waals surface area contributed by atoms with Gasteiger partial charge in [-0.3, -0.25) is 0 Å². The van der Waals surface area contributed by atoms with E-state index in [0.29, 0.717) is 6.10 Å². The van der Waals surface area contributed by atoms with Crippen LogP contribution in [0.25, 0.3) is 0 Å². The van der Waals surface area contributed by atoms with Crippen LogP contribution in [0, 0.1) is 0 Å². The van der Waals surface area contributed by atoms with E-state index in [2.05, 4.69) is 10.00 Å². The maximum atomic E-state index is 5.58. The third-order valence-corrected chi connectivity index (χ3v) is 2.55. The molecule has 4 heteroatoms. The first-order chi connectivity index (χ1) is 6.77. The van der Waals surface area contributed by atoms with Gasteiger partial charge in [-0.2, -0.15) is 5.10 Å². The van der Waals surface area contributed by atoms with Crippen LogP contribution in [0.1, 0.15) is 12.8 Å². The standard InChI is InChI=1S/C10H17N3O/c1-12(2)10-5-6-11-13(10)8-9-4-3-7-14-9/h5-6,9H,3-4,7-8H2,1-2H3. The van der Waals surface area contributed by atoms with E-state index in [4.69, 9.17) is 4.74 Å². The summed E-state index contributed by atoms with van der Waals surface area (Å²) in [6.07, 6.45) is 4.54. The molecule has 78 valence electrons. The first-order valence-corrected chi connectivity index (χ1v) is 5.08. The molecule has 0 radical (unpaired) electrons. The maximum Gasteiger partial charge on any atom is 0.126 e. The number of aromatic nitrogens is 2. The SMILES string of the molecule is CN(C)c1ccnn1CC1CCCO1. The Morgan fingerprint density at radius 1 is 1.64 bits per heavy atom. The zero-order chi connectivity index (χ0) is 9.97. The van der Waals surface area contributed by atoms with Gasteiger partial charge in [0.15, 0.2) is 0 Å². The first-order valence-electron chi connectivity index (χ1n) is 5.08. The predicted octanol–water partition coefficient (Wildman–Crippen LogP) is 1.13. The highest BCUT2D eigenvalue weighted by molar-refractivity contribution is 5.35. The van der Waals surface area contributed by atoms with Crippen molar-refractivity contribution in [2.24, 2.45) is 0 Å². The second-order valence-corrected chi connectivity index (χ2v) is 3.90. The van der Waals surface area contributed by atoms with E-state index >= 15 is 0 Å². The van der Waals surface area contributed by atoms with Gasteiger partial charge in [-0.25, -0.2) is 4.68 Å². The number of rotatable bonds is 3. The van der Waals surface area contributed by atoms with Gasteiger partial charge >= 0.3 is 0 Å². The Labute approximate surface area is 84.5 Å². The van der Waals surface area contributed by atoms with Gasteiger partial charge in [0.2, 0.25) is 0 Å². The van der Waals surface area contributed by atoms with Gasteiger partial charge in [-0.15, -0.1) is 0 Å². The molecule has 0 aromatic carbocycles.